The van der Waals surface area contributed by atoms with Crippen LogP contribution < -0.4 is 5.32 Å². The number of ether oxygens (including phenoxy) is 1. The highest BCUT2D eigenvalue weighted by Gasteiger charge is 2.30. The van der Waals surface area contributed by atoms with Crippen molar-refractivity contribution in [3.05, 3.63) is 85.1 Å². The molecule has 0 fully saturated rings. The number of phosphoric ester groups is 1. The number of nitrogens with zero attached hydrogens (tertiary/aromatic N) is 1. The molecule has 0 aliphatic heterocycles. The Balaban J connectivity index is 5.18. The highest BCUT2D eigenvalue weighted by atomic mass is 31.2. The van der Waals surface area contributed by atoms with E-state index in [-0.39, 0.29) is 31.5 Å². The number of carbonyl (C=O) groups is 2. The van der Waals surface area contributed by atoms with Crippen LogP contribution in [0.2, 0.25) is 0 Å². The van der Waals surface area contributed by atoms with Crippen molar-refractivity contribution in [2.45, 2.75) is 328 Å². The smallest absolute Gasteiger partial charge is 0.456 e. The van der Waals surface area contributed by atoms with Gasteiger partial charge in [-0.15, -0.1) is 0 Å². The summed E-state index contributed by atoms with van der Waals surface area (Å²) in [6.07, 6.45) is 82.9. The number of carbonyl (C=O) groups excluding carboxylic acids is 2. The van der Waals surface area contributed by atoms with Gasteiger partial charge in [0.05, 0.1) is 33.8 Å². The Labute approximate surface area is 514 Å². The first-order valence-corrected chi connectivity index (χ1v) is 36.4. The molecule has 0 saturated carbocycles. The summed E-state index contributed by atoms with van der Waals surface area (Å²) in [5.74, 6) is -0.514. The van der Waals surface area contributed by atoms with E-state index in [1.807, 2.05) is 33.3 Å². The highest BCUT2D eigenvalue weighted by molar-refractivity contribution is 7.47. The first-order valence-electron chi connectivity index (χ1n) is 34.9. The number of allylic oxidation sites excluding steroid dienone is 13. The van der Waals surface area contributed by atoms with Crippen molar-refractivity contribution < 1.29 is 37.3 Å². The average Bonchev–Trinajstić information content (AvgIpc) is 3.47. The van der Waals surface area contributed by atoms with Gasteiger partial charge in [0, 0.05) is 12.8 Å². The highest BCUT2D eigenvalue weighted by Crippen LogP contribution is 2.43. The van der Waals surface area contributed by atoms with Gasteiger partial charge in [-0.2, -0.15) is 0 Å². The SMILES string of the molecule is CCCCC/C=C\C/C=C\C/C=C\C/C=C\CCCCCCCCCC(=O)OC(/C=C/CCCCCCCCCCCCC)C(COP(=O)(O)OCC[N+](C)(C)C)NC(=O)CCCCCCCCCCCCC/C=C\C/C=C\CCCCC. The number of esters is 1. The van der Waals surface area contributed by atoms with Crippen LogP contribution in [-0.4, -0.2) is 74.3 Å². The summed E-state index contributed by atoms with van der Waals surface area (Å²) >= 11 is 0. The zero-order chi connectivity index (χ0) is 60.7. The lowest BCUT2D eigenvalue weighted by molar-refractivity contribution is -0.870. The second kappa shape index (κ2) is 62.2. The van der Waals surface area contributed by atoms with Crippen molar-refractivity contribution in [3.63, 3.8) is 0 Å². The molecular weight excluding hydrogens is 1050 g/mol. The van der Waals surface area contributed by atoms with E-state index in [0.29, 0.717) is 17.4 Å². The van der Waals surface area contributed by atoms with Crippen molar-refractivity contribution >= 4 is 19.7 Å². The summed E-state index contributed by atoms with van der Waals surface area (Å²) in [5, 5.41) is 3.07. The van der Waals surface area contributed by atoms with E-state index in [0.717, 1.165) is 96.3 Å². The van der Waals surface area contributed by atoms with E-state index >= 15 is 0 Å². The minimum Gasteiger partial charge on any atom is -0.456 e. The first kappa shape index (κ1) is 80.2. The summed E-state index contributed by atoms with van der Waals surface area (Å²) in [7, 11) is 1.49. The minimum absolute atomic E-state index is 0.0353. The van der Waals surface area contributed by atoms with Crippen LogP contribution in [0.5, 0.6) is 0 Å². The Morgan fingerprint density at radius 1 is 0.422 bits per heavy atom. The molecule has 0 aromatic carbocycles. The third-order valence-corrected chi connectivity index (χ3v) is 16.3. The predicted octanol–water partition coefficient (Wildman–Crippen LogP) is 22.1. The normalized spacial score (nSPS) is 14.1. The topological polar surface area (TPSA) is 111 Å². The summed E-state index contributed by atoms with van der Waals surface area (Å²) in [5.41, 5.74) is 0. The summed E-state index contributed by atoms with van der Waals surface area (Å²) in [6.45, 7) is 6.98. The first-order chi connectivity index (χ1) is 40.4. The van der Waals surface area contributed by atoms with Crippen LogP contribution >= 0.6 is 7.82 Å². The second-order valence-corrected chi connectivity index (χ2v) is 26.1. The van der Waals surface area contributed by atoms with Crippen LogP contribution in [0.1, 0.15) is 316 Å². The summed E-state index contributed by atoms with van der Waals surface area (Å²) in [4.78, 5) is 37.9. The molecule has 3 atom stereocenters. The number of likely N-dealkylation sites (N-methyl/N-ethyl adjacent to an activating group) is 1. The van der Waals surface area contributed by atoms with Gasteiger partial charge < -0.3 is 19.4 Å². The van der Waals surface area contributed by atoms with Gasteiger partial charge in [0.25, 0.3) is 0 Å². The summed E-state index contributed by atoms with van der Waals surface area (Å²) < 4.78 is 30.8. The van der Waals surface area contributed by atoms with E-state index in [2.05, 4.69) is 99.0 Å². The number of hydrogen-bond acceptors (Lipinski definition) is 6. The van der Waals surface area contributed by atoms with Gasteiger partial charge in [0.1, 0.15) is 19.3 Å². The predicted molar refractivity (Wildman–Crippen MR) is 360 cm³/mol. The maximum absolute atomic E-state index is 13.6. The number of hydrogen-bond donors (Lipinski definition) is 2. The molecule has 0 aliphatic rings. The Morgan fingerprint density at radius 3 is 1.12 bits per heavy atom. The molecule has 0 aliphatic carbocycles. The zero-order valence-electron chi connectivity index (χ0n) is 55.2. The third-order valence-electron chi connectivity index (χ3n) is 15.3. The van der Waals surface area contributed by atoms with E-state index in [1.54, 1.807) is 0 Å². The van der Waals surface area contributed by atoms with Gasteiger partial charge in [-0.1, -0.05) is 280 Å². The Morgan fingerprint density at radius 2 is 0.735 bits per heavy atom. The molecule has 1 amide bonds. The van der Waals surface area contributed by atoms with Crippen LogP contribution in [-0.2, 0) is 27.9 Å². The molecule has 10 heteroatoms. The van der Waals surface area contributed by atoms with E-state index in [9.17, 15) is 19.0 Å². The van der Waals surface area contributed by atoms with Crippen LogP contribution in [0.4, 0.5) is 0 Å². The monoisotopic (exact) mass is 1180 g/mol. The molecule has 3 unspecified atom stereocenters. The van der Waals surface area contributed by atoms with E-state index < -0.39 is 20.0 Å². The molecule has 0 aromatic rings. The quantitative estimate of drug-likeness (QED) is 0.0205. The molecule has 0 saturated heterocycles. The van der Waals surface area contributed by atoms with Crippen molar-refractivity contribution in [2.75, 3.05) is 40.9 Å². The number of phosphoric acid groups is 1. The molecule has 2 N–H and O–H groups in total. The van der Waals surface area contributed by atoms with Crippen LogP contribution in [0.25, 0.3) is 0 Å². The standard InChI is InChI=1S/C73H133N2O7P/c1-7-10-13-16-19-22-25-28-30-32-34-36-37-39-41-43-45-48-51-54-57-60-63-66-73(77)82-71(64-61-58-55-52-49-46-27-24-21-18-15-12-9-3)70(69-81-83(78,79)80-68-67-75(4,5)6)74-72(76)65-62-59-56-53-50-47-44-42-40-38-35-33-31-29-26-23-20-17-14-11-8-2/h19-20,22-23,28-31,34,36,39,41,61,64,70-71H,7-18,21,24-27,32-33,35,37-38,40,42-60,62-63,65-69H2,1-6H3,(H-,74,76,78,79)/p+1/b22-19-,23-20-,30-28-,31-29-,36-34-,41-39-,64-61+. The Hall–Kier alpha value is -2.81. The van der Waals surface area contributed by atoms with Gasteiger partial charge in [0.15, 0.2) is 0 Å². The summed E-state index contributed by atoms with van der Waals surface area (Å²) in [6, 6.07) is -0.859. The maximum Gasteiger partial charge on any atom is 0.472 e. The number of rotatable bonds is 63. The van der Waals surface area contributed by atoms with Crippen molar-refractivity contribution in [1.82, 2.24) is 5.32 Å². The van der Waals surface area contributed by atoms with E-state index in [1.165, 1.54) is 186 Å². The minimum atomic E-state index is -4.46. The molecule has 0 spiro atoms. The lowest BCUT2D eigenvalue weighted by atomic mass is 10.0. The van der Waals surface area contributed by atoms with Crippen LogP contribution in [0.3, 0.4) is 0 Å². The number of nitrogens with one attached hydrogen (secondary N) is 1. The lowest BCUT2D eigenvalue weighted by Crippen LogP contribution is -2.47. The number of unbranched alkanes of at least 4 members (excludes halogenated alkanes) is 35. The molecule has 0 radical (unpaired) electrons. The molecule has 0 aromatic heterocycles. The number of quaternary nitrogens is 1. The molecule has 0 rings (SSSR count). The molecule has 0 bridgehead atoms. The molecular formula is C73H134N2O7P+. The fourth-order valence-corrected chi connectivity index (χ4v) is 10.6. The van der Waals surface area contributed by atoms with Gasteiger partial charge in [-0.05, 0) is 109 Å². The van der Waals surface area contributed by atoms with Gasteiger partial charge >= 0.3 is 13.8 Å². The Bertz CT molecular complexity index is 1700. The van der Waals surface area contributed by atoms with Gasteiger partial charge in [0.2, 0.25) is 5.91 Å². The largest absolute Gasteiger partial charge is 0.472 e. The zero-order valence-corrected chi connectivity index (χ0v) is 56.1. The Kier molecular flexibility index (Phi) is 60.1. The fraction of sp³-hybridized carbons (Fsp3) is 0.781. The van der Waals surface area contributed by atoms with Gasteiger partial charge in [-0.25, -0.2) is 4.57 Å². The van der Waals surface area contributed by atoms with Crippen molar-refractivity contribution in [1.29, 1.82) is 0 Å². The van der Waals surface area contributed by atoms with E-state index in [4.69, 9.17) is 13.8 Å². The number of amides is 1. The third kappa shape index (κ3) is 63.5. The molecule has 482 valence electrons. The molecule has 83 heavy (non-hydrogen) atoms. The van der Waals surface area contributed by atoms with Gasteiger partial charge in [-0.3, -0.25) is 18.6 Å². The maximum atomic E-state index is 13.6. The van der Waals surface area contributed by atoms with Crippen LogP contribution in [0, 0.1) is 0 Å². The fourth-order valence-electron chi connectivity index (χ4n) is 9.90. The lowest BCUT2D eigenvalue weighted by Gasteiger charge is -2.27. The average molecular weight is 1180 g/mol. The second-order valence-electron chi connectivity index (χ2n) is 24.7. The molecule has 9 nitrogen and oxygen atoms in total. The van der Waals surface area contributed by atoms with Crippen molar-refractivity contribution in [3.8, 4) is 0 Å². The van der Waals surface area contributed by atoms with Crippen molar-refractivity contribution in [2.24, 2.45) is 0 Å². The molecule has 0 heterocycles. The van der Waals surface area contributed by atoms with Crippen LogP contribution in [0.15, 0.2) is 85.1 Å².